The molecular weight excluding hydrogens is 178 g/mol. The lowest BCUT2D eigenvalue weighted by Gasteiger charge is -2.19. The molecule has 0 aliphatic carbocycles. The zero-order chi connectivity index (χ0) is 10.6. The number of nitrogens with zero attached hydrogens (tertiary/aromatic N) is 1. The summed E-state index contributed by atoms with van der Waals surface area (Å²) in [4.78, 5) is 13.5. The van der Waals surface area contributed by atoms with Gasteiger partial charge in [0.2, 0.25) is 5.91 Å². The van der Waals surface area contributed by atoms with Crippen LogP contribution >= 0.6 is 0 Å². The summed E-state index contributed by atoms with van der Waals surface area (Å²) in [5.41, 5.74) is 0. The fourth-order valence-corrected chi connectivity index (χ4v) is 2.07. The summed E-state index contributed by atoms with van der Waals surface area (Å²) in [5.74, 6) is 1.03. The van der Waals surface area contributed by atoms with Crippen LogP contribution in [0.3, 0.4) is 0 Å². The molecule has 0 spiro atoms. The van der Waals surface area contributed by atoms with Crippen LogP contribution in [0.2, 0.25) is 0 Å². The van der Waals surface area contributed by atoms with Crippen molar-refractivity contribution in [1.29, 1.82) is 0 Å². The number of likely N-dealkylation sites (tertiary alicyclic amines) is 1. The van der Waals surface area contributed by atoms with E-state index in [1.54, 1.807) is 0 Å². The number of amides is 1. The molecule has 0 radical (unpaired) electrons. The van der Waals surface area contributed by atoms with Crippen molar-refractivity contribution >= 4 is 5.91 Å². The molecule has 1 N–H and O–H groups in total. The van der Waals surface area contributed by atoms with Gasteiger partial charge in [-0.25, -0.2) is 0 Å². The van der Waals surface area contributed by atoms with Crippen LogP contribution in [0.15, 0.2) is 0 Å². The first kappa shape index (κ1) is 11.5. The summed E-state index contributed by atoms with van der Waals surface area (Å²) in [6.45, 7) is 5.92. The minimum absolute atomic E-state index is 0.169. The van der Waals surface area contributed by atoms with Crippen molar-refractivity contribution in [3.63, 3.8) is 0 Å². The van der Waals surface area contributed by atoms with Crippen LogP contribution in [0, 0.1) is 11.8 Å². The van der Waals surface area contributed by atoms with Gasteiger partial charge in [0, 0.05) is 26.1 Å². The highest BCUT2D eigenvalue weighted by Crippen LogP contribution is 2.22. The van der Waals surface area contributed by atoms with E-state index in [1.165, 1.54) is 0 Å². The molecule has 3 heteroatoms. The third kappa shape index (κ3) is 2.98. The van der Waals surface area contributed by atoms with Crippen molar-refractivity contribution in [2.75, 3.05) is 19.7 Å². The van der Waals surface area contributed by atoms with E-state index in [0.29, 0.717) is 12.3 Å². The lowest BCUT2D eigenvalue weighted by Crippen LogP contribution is -2.31. The Kier molecular flexibility index (Phi) is 4.39. The minimum atomic E-state index is 0.169. The highest BCUT2D eigenvalue weighted by molar-refractivity contribution is 5.78. The Morgan fingerprint density at radius 2 is 2.36 bits per heavy atom. The van der Waals surface area contributed by atoms with E-state index in [-0.39, 0.29) is 18.4 Å². The van der Waals surface area contributed by atoms with Crippen molar-refractivity contribution in [2.24, 2.45) is 11.8 Å². The van der Waals surface area contributed by atoms with Crippen molar-refractivity contribution in [3.8, 4) is 0 Å². The monoisotopic (exact) mass is 199 g/mol. The molecule has 2 unspecified atom stereocenters. The van der Waals surface area contributed by atoms with Crippen molar-refractivity contribution < 1.29 is 9.90 Å². The Morgan fingerprint density at radius 1 is 1.64 bits per heavy atom. The second-order valence-corrected chi connectivity index (χ2v) is 4.45. The lowest BCUT2D eigenvalue weighted by atomic mass is 10.0. The van der Waals surface area contributed by atoms with Crippen LogP contribution < -0.4 is 0 Å². The molecule has 2 atom stereocenters. The average molecular weight is 199 g/mol. The molecule has 0 aromatic carbocycles. The van der Waals surface area contributed by atoms with Gasteiger partial charge in [-0.1, -0.05) is 20.3 Å². The third-order valence-electron chi connectivity index (χ3n) is 2.84. The van der Waals surface area contributed by atoms with Crippen LogP contribution in [-0.2, 0) is 4.79 Å². The van der Waals surface area contributed by atoms with Gasteiger partial charge in [-0.15, -0.1) is 0 Å². The van der Waals surface area contributed by atoms with Gasteiger partial charge in [0.25, 0.3) is 0 Å². The molecule has 3 nitrogen and oxygen atoms in total. The van der Waals surface area contributed by atoms with Gasteiger partial charge in [0.05, 0.1) is 0 Å². The van der Waals surface area contributed by atoms with Crippen LogP contribution in [0.25, 0.3) is 0 Å². The van der Waals surface area contributed by atoms with Crippen LogP contribution in [-0.4, -0.2) is 35.6 Å². The maximum absolute atomic E-state index is 11.6. The number of aliphatic hydroxyl groups is 1. The van der Waals surface area contributed by atoms with E-state index >= 15 is 0 Å². The van der Waals surface area contributed by atoms with E-state index in [1.807, 2.05) is 11.8 Å². The molecule has 0 aromatic rings. The number of carbonyl (C=O) groups is 1. The Hall–Kier alpha value is -0.570. The lowest BCUT2D eigenvalue weighted by molar-refractivity contribution is -0.128. The van der Waals surface area contributed by atoms with Crippen molar-refractivity contribution in [1.82, 2.24) is 4.90 Å². The minimum Gasteiger partial charge on any atom is -0.396 e. The number of aliphatic hydroxyl groups excluding tert-OH is 1. The normalized spacial score (nSPS) is 24.4. The van der Waals surface area contributed by atoms with E-state index in [4.69, 9.17) is 5.11 Å². The number of hydrogen-bond donors (Lipinski definition) is 1. The number of hydrogen-bond acceptors (Lipinski definition) is 2. The summed E-state index contributed by atoms with van der Waals surface area (Å²) in [7, 11) is 0. The second-order valence-electron chi connectivity index (χ2n) is 4.45. The second kappa shape index (κ2) is 5.35. The molecule has 1 aliphatic rings. The van der Waals surface area contributed by atoms with Gasteiger partial charge in [-0.3, -0.25) is 4.79 Å². The fourth-order valence-electron chi connectivity index (χ4n) is 2.07. The van der Waals surface area contributed by atoms with Crippen LogP contribution in [0.5, 0.6) is 0 Å². The van der Waals surface area contributed by atoms with Gasteiger partial charge in [-0.2, -0.15) is 0 Å². The zero-order valence-electron chi connectivity index (χ0n) is 9.20. The highest BCUT2D eigenvalue weighted by atomic mass is 16.3. The zero-order valence-corrected chi connectivity index (χ0v) is 9.20. The average Bonchev–Trinajstić information content (AvgIpc) is 2.47. The maximum Gasteiger partial charge on any atom is 0.222 e. The molecule has 0 aromatic heterocycles. The van der Waals surface area contributed by atoms with Crippen molar-refractivity contribution in [2.45, 2.75) is 33.1 Å². The van der Waals surface area contributed by atoms with Gasteiger partial charge < -0.3 is 10.0 Å². The number of rotatable bonds is 5. The molecule has 1 fully saturated rings. The standard InChI is InChI=1S/C11H21NO2/c1-3-4-10-5-11(14)12(7-10)6-9(2)8-13/h9-10,13H,3-8H2,1-2H3. The summed E-state index contributed by atoms with van der Waals surface area (Å²) >= 11 is 0. The molecule has 1 rings (SSSR count). The summed E-state index contributed by atoms with van der Waals surface area (Å²) in [6, 6.07) is 0. The molecule has 1 amide bonds. The van der Waals surface area contributed by atoms with Crippen LogP contribution in [0.4, 0.5) is 0 Å². The summed E-state index contributed by atoms with van der Waals surface area (Å²) < 4.78 is 0. The van der Waals surface area contributed by atoms with Crippen molar-refractivity contribution in [3.05, 3.63) is 0 Å². The van der Waals surface area contributed by atoms with Gasteiger partial charge in [0.1, 0.15) is 0 Å². The molecule has 0 bridgehead atoms. The van der Waals surface area contributed by atoms with E-state index in [2.05, 4.69) is 6.92 Å². The molecule has 0 saturated carbocycles. The smallest absolute Gasteiger partial charge is 0.222 e. The molecule has 1 heterocycles. The highest BCUT2D eigenvalue weighted by Gasteiger charge is 2.29. The molecular formula is C11H21NO2. The number of carbonyl (C=O) groups excluding carboxylic acids is 1. The largest absolute Gasteiger partial charge is 0.396 e. The van der Waals surface area contributed by atoms with Crippen LogP contribution in [0.1, 0.15) is 33.1 Å². The summed E-state index contributed by atoms with van der Waals surface area (Å²) in [5, 5.41) is 8.91. The third-order valence-corrected chi connectivity index (χ3v) is 2.84. The Balaban J connectivity index is 2.36. The SMILES string of the molecule is CCCC1CC(=O)N(CC(C)CO)C1. The predicted molar refractivity (Wildman–Crippen MR) is 55.8 cm³/mol. The molecule has 1 aliphatic heterocycles. The first-order valence-electron chi connectivity index (χ1n) is 5.56. The first-order valence-corrected chi connectivity index (χ1v) is 5.56. The van der Waals surface area contributed by atoms with E-state index < -0.39 is 0 Å². The summed E-state index contributed by atoms with van der Waals surface area (Å²) in [6.07, 6.45) is 3.02. The topological polar surface area (TPSA) is 40.5 Å². The Labute approximate surface area is 86.1 Å². The van der Waals surface area contributed by atoms with Gasteiger partial charge in [0.15, 0.2) is 0 Å². The quantitative estimate of drug-likeness (QED) is 0.724. The molecule has 1 saturated heterocycles. The predicted octanol–water partition coefficient (Wildman–Crippen LogP) is 1.26. The van der Waals surface area contributed by atoms with E-state index in [0.717, 1.165) is 25.9 Å². The van der Waals surface area contributed by atoms with E-state index in [9.17, 15) is 4.79 Å². The maximum atomic E-state index is 11.6. The van der Waals surface area contributed by atoms with Gasteiger partial charge in [-0.05, 0) is 18.3 Å². The fraction of sp³-hybridized carbons (Fsp3) is 0.909. The molecule has 82 valence electrons. The Morgan fingerprint density at radius 3 is 2.93 bits per heavy atom. The van der Waals surface area contributed by atoms with Gasteiger partial charge >= 0.3 is 0 Å². The first-order chi connectivity index (χ1) is 6.67. The Bertz CT molecular complexity index is 194. The molecule has 14 heavy (non-hydrogen) atoms.